The van der Waals surface area contributed by atoms with Crippen LogP contribution in [0, 0.1) is 0 Å². The smallest absolute Gasteiger partial charge is 0.0319 e. The molecule has 5 N–H and O–H groups in total. The second kappa shape index (κ2) is 1060. The van der Waals surface area contributed by atoms with Crippen molar-refractivity contribution in [2.45, 2.75) is 0 Å². The van der Waals surface area contributed by atoms with Gasteiger partial charge in [0.25, 0.3) is 0 Å². The van der Waals surface area contributed by atoms with E-state index in [9.17, 15) is 0 Å². The van der Waals surface area contributed by atoms with E-state index in [1.807, 2.05) is 0 Å². The summed E-state index contributed by atoms with van der Waals surface area (Å²) in [6.45, 7) is 0. The Kier molecular flexibility index (Phi) is 5100. The molecule has 0 heterocycles. The van der Waals surface area contributed by atoms with Gasteiger partial charge in [-0.25, -0.2) is 0 Å². The van der Waals surface area contributed by atoms with E-state index in [2.05, 4.69) is 0 Å². The van der Waals surface area contributed by atoms with Crippen LogP contribution in [0.15, 0.2) is 0 Å². The molecule has 54 valence electrons. The number of aliphatic hydroxyl groups excluding tert-OH is 3. The van der Waals surface area contributed by atoms with Crippen molar-refractivity contribution in [1.29, 1.82) is 0 Å². The van der Waals surface area contributed by atoms with Gasteiger partial charge in [0, 0.05) is 43.0 Å². The minimum absolute atomic E-state index is 0. The Balaban J connectivity index is -0.00000000500. The minimum Gasteiger partial charge on any atom is -0.412 e. The van der Waals surface area contributed by atoms with Crippen LogP contribution in [0.2, 0.25) is 0 Å². The normalized spacial score (nSPS) is 2.25. The van der Waals surface area contributed by atoms with Gasteiger partial charge in [-0.3, -0.25) is 0 Å². The molecule has 0 fully saturated rings. The molecule has 0 aliphatic carbocycles. The van der Waals surface area contributed by atoms with Crippen LogP contribution in [-0.4, -0.2) is 42.1 Å². The Hall–Kier alpha value is 0.554. The first-order valence-electron chi connectivity index (χ1n) is 1.34. The molecule has 8 heavy (non-hydrogen) atoms. The van der Waals surface area contributed by atoms with Crippen LogP contribution in [-0.2, 0) is 21.7 Å². The molecule has 0 atom stereocenters. The third-order valence-corrected chi connectivity index (χ3v) is 0. The molecule has 0 aliphatic rings. The molecule has 0 aliphatic heterocycles. The zero-order valence-corrected chi connectivity index (χ0v) is 6.90. The van der Waals surface area contributed by atoms with Gasteiger partial charge in [-0.1, -0.05) is 0 Å². The van der Waals surface area contributed by atoms with Crippen LogP contribution < -0.4 is 0 Å². The van der Waals surface area contributed by atoms with Crippen LogP contribution in [0.1, 0.15) is 0 Å². The summed E-state index contributed by atoms with van der Waals surface area (Å²) >= 11 is 0. The van der Waals surface area contributed by atoms with E-state index in [-0.39, 0.29) is 27.2 Å². The van der Waals surface area contributed by atoms with Crippen molar-refractivity contribution in [1.82, 2.24) is 0 Å². The first-order valence-corrected chi connectivity index (χ1v) is 1.34. The Morgan fingerprint density at radius 3 is 0.625 bits per heavy atom. The molecule has 0 saturated heterocycles. The van der Waals surface area contributed by atoms with Gasteiger partial charge in [-0.2, -0.15) is 0 Å². The molecule has 0 aromatic heterocycles. The van der Waals surface area contributed by atoms with Crippen molar-refractivity contribution in [2.24, 2.45) is 0 Å². The largest absolute Gasteiger partial charge is 0.412 e. The quantitative estimate of drug-likeness (QED) is 0.359. The maximum atomic E-state index is 7.00. The maximum absolute atomic E-state index is 7.00. The number of aliphatic hydroxyl groups is 3. The Labute approximate surface area is 64.4 Å². The third kappa shape index (κ3) is 658. The monoisotopic (exact) mass is 162 g/mol. The van der Waals surface area contributed by atoms with Crippen molar-refractivity contribution < 1.29 is 42.5 Å². The zero-order valence-electron chi connectivity index (χ0n) is 5.34. The van der Waals surface area contributed by atoms with Crippen LogP contribution in [0.25, 0.3) is 0 Å². The molecule has 0 saturated carbocycles. The molecule has 0 radical (unpaired) electrons. The molecule has 5 heteroatoms. The Morgan fingerprint density at radius 2 is 0.625 bits per heavy atom. The van der Waals surface area contributed by atoms with Crippen molar-refractivity contribution >= 4 is 0 Å². The topological polar surface area (TPSA) is 92.2 Å². The summed E-state index contributed by atoms with van der Waals surface area (Å²) in [6.07, 6.45) is 0. The average molecular weight is 162 g/mol. The molecule has 4 nitrogen and oxygen atoms in total. The number of hydrogen-bond donors (Lipinski definition) is 3. The van der Waals surface area contributed by atoms with Gasteiger partial charge < -0.3 is 20.8 Å². The van der Waals surface area contributed by atoms with Crippen LogP contribution in [0.4, 0.5) is 0 Å². The van der Waals surface area contributed by atoms with E-state index >= 15 is 0 Å². The summed E-state index contributed by atoms with van der Waals surface area (Å²) in [7, 11) is 3.00. The summed E-state index contributed by atoms with van der Waals surface area (Å²) < 4.78 is 0. The summed E-state index contributed by atoms with van der Waals surface area (Å²) in [5.41, 5.74) is 0. The SMILES string of the molecule is CO.CO.CO.O.[Ti]. The van der Waals surface area contributed by atoms with Crippen LogP contribution >= 0.6 is 0 Å². The Bertz CT molecular complexity index is 11.2. The van der Waals surface area contributed by atoms with Gasteiger partial charge in [0.05, 0.1) is 0 Å². The minimum atomic E-state index is 0. The molecule has 0 rings (SSSR count). The Morgan fingerprint density at radius 1 is 0.625 bits per heavy atom. The van der Waals surface area contributed by atoms with E-state index in [0.717, 1.165) is 21.3 Å². The second-order valence-electron chi connectivity index (χ2n) is 0. The van der Waals surface area contributed by atoms with Gasteiger partial charge in [-0.05, 0) is 0 Å². The van der Waals surface area contributed by atoms with Gasteiger partial charge >= 0.3 is 0 Å². The molecular weight excluding hydrogens is 148 g/mol. The summed E-state index contributed by atoms with van der Waals surface area (Å²) in [6, 6.07) is 0. The van der Waals surface area contributed by atoms with Gasteiger partial charge in [0.15, 0.2) is 0 Å². The average Bonchev–Trinajstić information content (AvgIpc) is 1.81. The molecule has 0 unspecified atom stereocenters. The summed E-state index contributed by atoms with van der Waals surface area (Å²) in [5, 5.41) is 21.0. The molecule has 0 amide bonds. The zero-order chi connectivity index (χ0) is 6.00. The third-order valence-electron chi connectivity index (χ3n) is 0. The van der Waals surface area contributed by atoms with E-state index < -0.39 is 0 Å². The fourth-order valence-corrected chi connectivity index (χ4v) is 0. The second-order valence-corrected chi connectivity index (χ2v) is 0. The maximum Gasteiger partial charge on any atom is 0.0319 e. The van der Waals surface area contributed by atoms with E-state index in [1.54, 1.807) is 0 Å². The van der Waals surface area contributed by atoms with E-state index in [0.29, 0.717) is 0 Å². The number of hydrogen-bond acceptors (Lipinski definition) is 3. The fraction of sp³-hybridized carbons (Fsp3) is 1.00. The van der Waals surface area contributed by atoms with Crippen molar-refractivity contribution in [3.8, 4) is 0 Å². The molecule has 0 bridgehead atoms. The number of rotatable bonds is 0. The first kappa shape index (κ1) is 38.6. The molecule has 0 spiro atoms. The van der Waals surface area contributed by atoms with Crippen LogP contribution in [0.5, 0.6) is 0 Å². The molecule has 0 aromatic rings. The standard InChI is InChI=1S/3CH4O.H2O.Ti/c3*1-2;;/h3*2H,1H3;1H2;. The predicted octanol–water partition coefficient (Wildman–Crippen LogP) is -2.00. The van der Waals surface area contributed by atoms with Crippen LogP contribution in [0.3, 0.4) is 0 Å². The van der Waals surface area contributed by atoms with Crippen molar-refractivity contribution in [3.63, 3.8) is 0 Å². The fourth-order valence-electron chi connectivity index (χ4n) is 0. The first-order chi connectivity index (χ1) is 3.00. The predicted molar refractivity (Wildman–Crippen MR) is 28.0 cm³/mol. The van der Waals surface area contributed by atoms with E-state index in [4.69, 9.17) is 15.3 Å². The molecule has 0 aromatic carbocycles. The van der Waals surface area contributed by atoms with Crippen molar-refractivity contribution in [3.05, 3.63) is 0 Å². The van der Waals surface area contributed by atoms with E-state index in [1.165, 1.54) is 0 Å². The summed E-state index contributed by atoms with van der Waals surface area (Å²) in [5.74, 6) is 0. The van der Waals surface area contributed by atoms with Gasteiger partial charge in [0.1, 0.15) is 0 Å². The van der Waals surface area contributed by atoms with Gasteiger partial charge in [-0.15, -0.1) is 0 Å². The summed E-state index contributed by atoms with van der Waals surface area (Å²) in [4.78, 5) is 0. The van der Waals surface area contributed by atoms with Gasteiger partial charge in [0.2, 0.25) is 0 Å². The van der Waals surface area contributed by atoms with Crippen molar-refractivity contribution in [2.75, 3.05) is 21.3 Å². The molecular formula is C3H14O4Ti.